The second-order valence-electron chi connectivity index (χ2n) is 4.05. The summed E-state index contributed by atoms with van der Waals surface area (Å²) in [5.41, 5.74) is 6.20. The van der Waals surface area contributed by atoms with Crippen LogP contribution in [0.15, 0.2) is 18.2 Å². The van der Waals surface area contributed by atoms with Gasteiger partial charge in [0.25, 0.3) is 0 Å². The maximum atomic E-state index is 13.4. The van der Waals surface area contributed by atoms with Gasteiger partial charge in [-0.05, 0) is 30.0 Å². The average molecular weight is 209 g/mol. The summed E-state index contributed by atoms with van der Waals surface area (Å²) in [7, 11) is 0. The molecule has 0 bridgehead atoms. The smallest absolute Gasteiger partial charge is 0.165 e. The Balaban J connectivity index is 1.88. The zero-order chi connectivity index (χ0) is 10.7. The first-order chi connectivity index (χ1) is 7.29. The molecule has 0 aromatic heterocycles. The van der Waals surface area contributed by atoms with Gasteiger partial charge in [-0.1, -0.05) is 18.9 Å². The highest BCUT2D eigenvalue weighted by molar-refractivity contribution is 5.29. The lowest BCUT2D eigenvalue weighted by Gasteiger charge is -2.07. The first-order valence-electron chi connectivity index (χ1n) is 5.41. The van der Waals surface area contributed by atoms with Crippen molar-refractivity contribution in [1.29, 1.82) is 0 Å². The predicted molar refractivity (Wildman–Crippen MR) is 57.1 cm³/mol. The van der Waals surface area contributed by atoms with Crippen LogP contribution < -0.4 is 10.5 Å². The lowest BCUT2D eigenvalue weighted by Crippen LogP contribution is -2.02. The fourth-order valence-corrected chi connectivity index (χ4v) is 1.53. The van der Waals surface area contributed by atoms with Crippen molar-refractivity contribution in [3.63, 3.8) is 0 Å². The van der Waals surface area contributed by atoms with Gasteiger partial charge in [0.05, 0.1) is 6.61 Å². The van der Waals surface area contributed by atoms with Gasteiger partial charge in [0.1, 0.15) is 0 Å². The molecule has 0 atom stereocenters. The molecule has 0 radical (unpaired) electrons. The van der Waals surface area contributed by atoms with Gasteiger partial charge >= 0.3 is 0 Å². The van der Waals surface area contributed by atoms with Crippen molar-refractivity contribution in [2.24, 2.45) is 11.7 Å². The van der Waals surface area contributed by atoms with E-state index in [4.69, 9.17) is 10.5 Å². The average Bonchev–Trinajstić information content (AvgIpc) is 3.04. The van der Waals surface area contributed by atoms with Crippen LogP contribution >= 0.6 is 0 Å². The molecular formula is C12H16FNO. The number of hydrogen-bond donors (Lipinski definition) is 1. The van der Waals surface area contributed by atoms with Gasteiger partial charge in [0, 0.05) is 6.54 Å². The molecular weight excluding hydrogens is 193 g/mol. The molecule has 1 saturated carbocycles. The van der Waals surface area contributed by atoms with E-state index < -0.39 is 0 Å². The number of halogens is 1. The van der Waals surface area contributed by atoms with Gasteiger partial charge in [0.2, 0.25) is 0 Å². The van der Waals surface area contributed by atoms with E-state index in [1.807, 2.05) is 0 Å². The Morgan fingerprint density at radius 1 is 1.40 bits per heavy atom. The fourth-order valence-electron chi connectivity index (χ4n) is 1.53. The van der Waals surface area contributed by atoms with Gasteiger partial charge < -0.3 is 10.5 Å². The molecule has 1 aromatic rings. The van der Waals surface area contributed by atoms with Crippen LogP contribution in [0.4, 0.5) is 4.39 Å². The molecule has 0 heterocycles. The predicted octanol–water partition coefficient (Wildman–Crippen LogP) is 2.46. The molecule has 0 spiro atoms. The molecule has 0 unspecified atom stereocenters. The minimum Gasteiger partial charge on any atom is -0.491 e. The summed E-state index contributed by atoms with van der Waals surface area (Å²) >= 11 is 0. The van der Waals surface area contributed by atoms with Crippen LogP contribution in [-0.2, 0) is 6.54 Å². The zero-order valence-corrected chi connectivity index (χ0v) is 8.71. The summed E-state index contributed by atoms with van der Waals surface area (Å²) in [6.45, 7) is 0.975. The summed E-state index contributed by atoms with van der Waals surface area (Å²) in [6.07, 6.45) is 3.65. The molecule has 15 heavy (non-hydrogen) atoms. The lowest BCUT2D eigenvalue weighted by atomic mass is 10.2. The second-order valence-corrected chi connectivity index (χ2v) is 4.05. The summed E-state index contributed by atoms with van der Waals surface area (Å²) in [4.78, 5) is 0. The third-order valence-electron chi connectivity index (χ3n) is 2.71. The standard InChI is InChI=1S/C12H16FNO/c13-11-7-10(8-14)3-4-12(11)15-6-5-9-1-2-9/h3-4,7,9H,1-2,5-6,8,14H2. The minimum atomic E-state index is -0.311. The van der Waals surface area contributed by atoms with Crippen LogP contribution in [0.2, 0.25) is 0 Å². The van der Waals surface area contributed by atoms with Crippen LogP contribution in [-0.4, -0.2) is 6.61 Å². The highest BCUT2D eigenvalue weighted by Gasteiger charge is 2.20. The Hall–Kier alpha value is -1.09. The van der Waals surface area contributed by atoms with E-state index in [0.29, 0.717) is 18.9 Å². The van der Waals surface area contributed by atoms with E-state index in [0.717, 1.165) is 17.9 Å². The SMILES string of the molecule is NCc1ccc(OCCC2CC2)c(F)c1. The van der Waals surface area contributed by atoms with Crippen LogP contribution in [0, 0.1) is 11.7 Å². The molecule has 2 rings (SSSR count). The molecule has 1 aliphatic rings. The van der Waals surface area contributed by atoms with Gasteiger partial charge in [-0.25, -0.2) is 4.39 Å². The third-order valence-corrected chi connectivity index (χ3v) is 2.71. The highest BCUT2D eigenvalue weighted by Crippen LogP contribution is 2.32. The van der Waals surface area contributed by atoms with Crippen molar-refractivity contribution in [1.82, 2.24) is 0 Å². The summed E-state index contributed by atoms with van der Waals surface area (Å²) in [5.74, 6) is 0.845. The van der Waals surface area contributed by atoms with Crippen LogP contribution in [0.1, 0.15) is 24.8 Å². The molecule has 0 saturated heterocycles. The van der Waals surface area contributed by atoms with Crippen molar-refractivity contribution in [2.45, 2.75) is 25.8 Å². The first-order valence-corrected chi connectivity index (χ1v) is 5.41. The number of nitrogens with two attached hydrogens (primary N) is 1. The lowest BCUT2D eigenvalue weighted by molar-refractivity contribution is 0.288. The summed E-state index contributed by atoms with van der Waals surface area (Å²) in [6, 6.07) is 4.90. The van der Waals surface area contributed by atoms with Crippen molar-refractivity contribution >= 4 is 0 Å². The molecule has 1 fully saturated rings. The maximum Gasteiger partial charge on any atom is 0.165 e. The number of rotatable bonds is 5. The molecule has 1 aliphatic carbocycles. The number of benzene rings is 1. The van der Waals surface area contributed by atoms with Crippen LogP contribution in [0.5, 0.6) is 5.75 Å². The van der Waals surface area contributed by atoms with E-state index in [2.05, 4.69) is 0 Å². The van der Waals surface area contributed by atoms with Crippen molar-refractivity contribution in [2.75, 3.05) is 6.61 Å². The molecule has 2 nitrogen and oxygen atoms in total. The zero-order valence-electron chi connectivity index (χ0n) is 8.71. The van der Waals surface area contributed by atoms with Gasteiger partial charge in [-0.15, -0.1) is 0 Å². The number of hydrogen-bond acceptors (Lipinski definition) is 2. The van der Waals surface area contributed by atoms with Gasteiger partial charge in [-0.3, -0.25) is 0 Å². The van der Waals surface area contributed by atoms with E-state index in [1.54, 1.807) is 12.1 Å². The van der Waals surface area contributed by atoms with E-state index in [1.165, 1.54) is 18.9 Å². The largest absolute Gasteiger partial charge is 0.491 e. The Kier molecular flexibility index (Phi) is 3.21. The topological polar surface area (TPSA) is 35.2 Å². The quantitative estimate of drug-likeness (QED) is 0.808. The Bertz CT molecular complexity index is 336. The molecule has 82 valence electrons. The van der Waals surface area contributed by atoms with E-state index in [-0.39, 0.29) is 5.82 Å². The summed E-state index contributed by atoms with van der Waals surface area (Å²) in [5, 5.41) is 0. The number of ether oxygens (including phenoxy) is 1. The molecule has 1 aromatic carbocycles. The van der Waals surface area contributed by atoms with Crippen molar-refractivity contribution < 1.29 is 9.13 Å². The molecule has 3 heteroatoms. The Morgan fingerprint density at radius 3 is 2.80 bits per heavy atom. The van der Waals surface area contributed by atoms with E-state index in [9.17, 15) is 4.39 Å². The molecule has 2 N–H and O–H groups in total. The van der Waals surface area contributed by atoms with Crippen LogP contribution in [0.25, 0.3) is 0 Å². The van der Waals surface area contributed by atoms with Crippen molar-refractivity contribution in [3.05, 3.63) is 29.6 Å². The van der Waals surface area contributed by atoms with Crippen LogP contribution in [0.3, 0.4) is 0 Å². The van der Waals surface area contributed by atoms with E-state index >= 15 is 0 Å². The first kappa shape index (κ1) is 10.4. The third kappa shape index (κ3) is 2.93. The van der Waals surface area contributed by atoms with Gasteiger partial charge in [0.15, 0.2) is 11.6 Å². The second kappa shape index (κ2) is 4.62. The van der Waals surface area contributed by atoms with Gasteiger partial charge in [-0.2, -0.15) is 0 Å². The molecule has 0 amide bonds. The summed E-state index contributed by atoms with van der Waals surface area (Å²) < 4.78 is 18.8. The highest BCUT2D eigenvalue weighted by atomic mass is 19.1. The Labute approximate surface area is 89.2 Å². The Morgan fingerprint density at radius 2 is 2.20 bits per heavy atom. The van der Waals surface area contributed by atoms with Crippen molar-refractivity contribution in [3.8, 4) is 5.75 Å². The maximum absolute atomic E-state index is 13.4. The minimum absolute atomic E-state index is 0.311. The normalized spacial score (nSPS) is 15.3. The molecule has 0 aliphatic heterocycles. The monoisotopic (exact) mass is 209 g/mol. The fraction of sp³-hybridized carbons (Fsp3) is 0.500.